The Bertz CT molecular complexity index is 698. The molecule has 0 N–H and O–H groups in total. The summed E-state index contributed by atoms with van der Waals surface area (Å²) in [5.41, 5.74) is 2.24. The van der Waals surface area contributed by atoms with Crippen molar-refractivity contribution in [2.24, 2.45) is 5.92 Å². The summed E-state index contributed by atoms with van der Waals surface area (Å²) in [6.45, 7) is 1.41. The van der Waals surface area contributed by atoms with Crippen molar-refractivity contribution in [2.45, 2.75) is 12.8 Å². The number of carbonyl (C=O) groups is 1. The van der Waals surface area contributed by atoms with Crippen LogP contribution in [-0.2, 0) is 0 Å². The second-order valence-corrected chi connectivity index (χ2v) is 5.37. The highest BCUT2D eigenvalue weighted by Crippen LogP contribution is 2.24. The van der Waals surface area contributed by atoms with Crippen LogP contribution in [0.1, 0.15) is 23.2 Å². The number of amides is 1. The largest absolute Gasteiger partial charge is 0.338 e. The highest BCUT2D eigenvalue weighted by atomic mass is 16.2. The van der Waals surface area contributed by atoms with Crippen molar-refractivity contribution in [3.63, 3.8) is 0 Å². The fourth-order valence-corrected chi connectivity index (χ4v) is 2.74. The van der Waals surface area contributed by atoms with Crippen molar-refractivity contribution >= 4 is 5.91 Å². The Kier molecular flexibility index (Phi) is 4.15. The number of aromatic nitrogens is 2. The summed E-state index contributed by atoms with van der Waals surface area (Å²) < 4.78 is 0. The lowest BCUT2D eigenvalue weighted by molar-refractivity contribution is 0.0708. The van der Waals surface area contributed by atoms with E-state index in [0.29, 0.717) is 24.3 Å². The van der Waals surface area contributed by atoms with Crippen molar-refractivity contribution in [1.82, 2.24) is 14.9 Å². The lowest BCUT2D eigenvalue weighted by atomic mass is 9.97. The van der Waals surface area contributed by atoms with E-state index in [2.05, 4.69) is 15.9 Å². The van der Waals surface area contributed by atoms with Crippen LogP contribution in [0.5, 0.6) is 0 Å². The summed E-state index contributed by atoms with van der Waals surface area (Å²) in [4.78, 5) is 23.1. The van der Waals surface area contributed by atoms with Crippen molar-refractivity contribution < 1.29 is 4.79 Å². The topological polar surface area (TPSA) is 46.1 Å². The molecule has 4 heteroatoms. The molecule has 0 aliphatic carbocycles. The summed E-state index contributed by atoms with van der Waals surface area (Å²) >= 11 is 0. The molecule has 0 spiro atoms. The average Bonchev–Trinajstić information content (AvgIpc) is 2.62. The highest BCUT2D eigenvalue weighted by Gasteiger charge is 2.24. The van der Waals surface area contributed by atoms with Gasteiger partial charge in [-0.25, -0.2) is 0 Å². The van der Waals surface area contributed by atoms with E-state index >= 15 is 0 Å². The molecule has 0 atom stereocenters. The first-order valence-electron chi connectivity index (χ1n) is 7.40. The van der Waals surface area contributed by atoms with Gasteiger partial charge in [-0.3, -0.25) is 14.8 Å². The van der Waals surface area contributed by atoms with Crippen molar-refractivity contribution in [2.75, 3.05) is 13.1 Å². The minimum Gasteiger partial charge on any atom is -0.338 e. The number of hydrogen-bond acceptors (Lipinski definition) is 3. The van der Waals surface area contributed by atoms with Crippen LogP contribution in [0.2, 0.25) is 0 Å². The molecular formula is C18H17N3O. The molecule has 3 heterocycles. The Morgan fingerprint density at radius 2 is 1.91 bits per heavy atom. The standard InChI is InChI=1S/C18H17N3O/c1-2-14-7-12-21(13-8-14)18(22)16-4-3-9-20-17(16)15-5-10-19-11-6-15/h1,3-6,9-11,14H,7-8,12-13H2. The Morgan fingerprint density at radius 1 is 1.18 bits per heavy atom. The molecule has 3 rings (SSSR count). The second kappa shape index (κ2) is 6.40. The minimum absolute atomic E-state index is 0.0235. The number of nitrogens with zero attached hydrogens (tertiary/aromatic N) is 3. The maximum atomic E-state index is 12.8. The molecule has 4 nitrogen and oxygen atoms in total. The molecule has 0 aromatic carbocycles. The lowest BCUT2D eigenvalue weighted by Crippen LogP contribution is -2.38. The van der Waals surface area contributed by atoms with Crippen molar-refractivity contribution in [3.8, 4) is 23.6 Å². The Balaban J connectivity index is 1.87. The summed E-state index contributed by atoms with van der Waals surface area (Å²) in [6, 6.07) is 7.36. The van der Waals surface area contributed by atoms with Crippen LogP contribution < -0.4 is 0 Å². The van der Waals surface area contributed by atoms with Crippen LogP contribution in [0, 0.1) is 18.3 Å². The smallest absolute Gasteiger partial charge is 0.256 e. The van der Waals surface area contributed by atoms with Gasteiger partial charge >= 0.3 is 0 Å². The molecule has 0 bridgehead atoms. The summed E-state index contributed by atoms with van der Waals surface area (Å²) in [7, 11) is 0. The molecule has 0 radical (unpaired) electrons. The predicted octanol–water partition coefficient (Wildman–Crippen LogP) is 2.63. The van der Waals surface area contributed by atoms with Gasteiger partial charge in [0.05, 0.1) is 11.3 Å². The zero-order valence-corrected chi connectivity index (χ0v) is 12.3. The summed E-state index contributed by atoms with van der Waals surface area (Å²) in [6.07, 6.45) is 12.3. The zero-order valence-electron chi connectivity index (χ0n) is 12.3. The molecule has 1 aliphatic rings. The Labute approximate surface area is 130 Å². The third kappa shape index (κ3) is 2.84. The van der Waals surface area contributed by atoms with E-state index in [9.17, 15) is 4.79 Å². The first kappa shape index (κ1) is 14.3. The SMILES string of the molecule is C#CC1CCN(C(=O)c2cccnc2-c2ccncc2)CC1. The van der Waals surface area contributed by atoms with E-state index in [4.69, 9.17) is 6.42 Å². The third-order valence-corrected chi connectivity index (χ3v) is 4.01. The first-order chi connectivity index (χ1) is 10.8. The van der Waals surface area contributed by atoms with Gasteiger partial charge < -0.3 is 4.90 Å². The maximum Gasteiger partial charge on any atom is 0.256 e. The number of carbonyl (C=O) groups excluding carboxylic acids is 1. The number of rotatable bonds is 2. The molecule has 2 aromatic heterocycles. The molecule has 2 aromatic rings. The molecule has 22 heavy (non-hydrogen) atoms. The van der Waals surface area contributed by atoms with E-state index in [1.54, 1.807) is 24.7 Å². The molecule has 0 unspecified atom stereocenters. The van der Waals surface area contributed by atoms with Crippen LogP contribution in [0.4, 0.5) is 0 Å². The maximum absolute atomic E-state index is 12.8. The predicted molar refractivity (Wildman–Crippen MR) is 84.9 cm³/mol. The van der Waals surface area contributed by atoms with E-state index < -0.39 is 0 Å². The number of likely N-dealkylation sites (tertiary alicyclic amines) is 1. The third-order valence-electron chi connectivity index (χ3n) is 4.01. The molecule has 1 aliphatic heterocycles. The Morgan fingerprint density at radius 3 is 2.59 bits per heavy atom. The van der Waals surface area contributed by atoms with Crippen LogP contribution >= 0.6 is 0 Å². The fourth-order valence-electron chi connectivity index (χ4n) is 2.74. The quantitative estimate of drug-likeness (QED) is 0.799. The van der Waals surface area contributed by atoms with Crippen LogP contribution in [-0.4, -0.2) is 33.9 Å². The minimum atomic E-state index is 0.0235. The van der Waals surface area contributed by atoms with Gasteiger partial charge in [0.15, 0.2) is 0 Å². The van der Waals surface area contributed by atoms with Gasteiger partial charge in [-0.2, -0.15) is 0 Å². The van der Waals surface area contributed by atoms with Crippen LogP contribution in [0.15, 0.2) is 42.9 Å². The lowest BCUT2D eigenvalue weighted by Gasteiger charge is -2.30. The first-order valence-corrected chi connectivity index (χ1v) is 7.40. The Hall–Kier alpha value is -2.67. The number of terminal acetylenes is 1. The highest BCUT2D eigenvalue weighted by molar-refractivity contribution is 5.99. The molecule has 1 amide bonds. The van der Waals surface area contributed by atoms with Gasteiger partial charge in [0, 0.05) is 43.2 Å². The molecule has 0 saturated carbocycles. The number of pyridine rings is 2. The van der Waals surface area contributed by atoms with Gasteiger partial charge in [0.2, 0.25) is 0 Å². The van der Waals surface area contributed by atoms with Gasteiger partial charge in [-0.15, -0.1) is 12.3 Å². The van der Waals surface area contributed by atoms with E-state index in [-0.39, 0.29) is 11.8 Å². The van der Waals surface area contributed by atoms with Crippen molar-refractivity contribution in [3.05, 3.63) is 48.4 Å². The monoisotopic (exact) mass is 291 g/mol. The molecular weight excluding hydrogens is 274 g/mol. The normalized spacial score (nSPS) is 15.3. The number of piperidine rings is 1. The van der Waals surface area contributed by atoms with Gasteiger partial charge in [0.25, 0.3) is 5.91 Å². The summed E-state index contributed by atoms with van der Waals surface area (Å²) in [5, 5.41) is 0. The van der Waals surface area contributed by atoms with E-state index in [1.807, 2.05) is 23.1 Å². The van der Waals surface area contributed by atoms with Gasteiger partial charge in [-0.1, -0.05) is 0 Å². The number of hydrogen-bond donors (Lipinski definition) is 0. The van der Waals surface area contributed by atoms with E-state index in [1.165, 1.54) is 0 Å². The van der Waals surface area contributed by atoms with E-state index in [0.717, 1.165) is 18.4 Å². The van der Waals surface area contributed by atoms with Crippen molar-refractivity contribution in [1.29, 1.82) is 0 Å². The van der Waals surface area contributed by atoms with Crippen LogP contribution in [0.3, 0.4) is 0 Å². The molecule has 1 saturated heterocycles. The zero-order chi connectivity index (χ0) is 15.4. The molecule has 1 fully saturated rings. The second-order valence-electron chi connectivity index (χ2n) is 5.37. The average molecular weight is 291 g/mol. The van der Waals surface area contributed by atoms with Gasteiger partial charge in [-0.05, 0) is 37.1 Å². The molecule has 110 valence electrons. The fraction of sp³-hybridized carbons (Fsp3) is 0.278. The summed E-state index contributed by atoms with van der Waals surface area (Å²) in [5.74, 6) is 3.10. The van der Waals surface area contributed by atoms with Crippen LogP contribution in [0.25, 0.3) is 11.3 Å². The van der Waals surface area contributed by atoms with Gasteiger partial charge in [0.1, 0.15) is 0 Å².